The molecule has 1 aromatic rings. The SMILES string of the molecule is FC(F)(F)c1ccnc(N2CCC3(CCNCC3)CC2)c1. The molecule has 3 nitrogen and oxygen atoms in total. The van der Waals surface area contributed by atoms with Gasteiger partial charge in [-0.2, -0.15) is 13.2 Å². The molecule has 0 aliphatic carbocycles. The molecular formula is C15H20F3N3. The number of nitrogens with one attached hydrogen (secondary N) is 1. The van der Waals surface area contributed by atoms with E-state index in [9.17, 15) is 13.2 Å². The van der Waals surface area contributed by atoms with Crippen molar-refractivity contribution < 1.29 is 13.2 Å². The minimum atomic E-state index is -4.30. The van der Waals surface area contributed by atoms with E-state index < -0.39 is 11.7 Å². The van der Waals surface area contributed by atoms with Gasteiger partial charge in [0, 0.05) is 19.3 Å². The predicted octanol–water partition coefficient (Wildman–Crippen LogP) is 3.07. The quantitative estimate of drug-likeness (QED) is 0.864. The molecule has 2 fully saturated rings. The van der Waals surface area contributed by atoms with Crippen LogP contribution in [-0.2, 0) is 6.18 Å². The Morgan fingerprint density at radius 3 is 2.38 bits per heavy atom. The molecule has 0 unspecified atom stereocenters. The third kappa shape index (κ3) is 3.15. The molecule has 116 valence electrons. The van der Waals surface area contributed by atoms with Gasteiger partial charge < -0.3 is 10.2 Å². The zero-order chi connectivity index (χ0) is 14.9. The van der Waals surface area contributed by atoms with Crippen LogP contribution in [0.2, 0.25) is 0 Å². The second kappa shape index (κ2) is 5.48. The highest BCUT2D eigenvalue weighted by molar-refractivity contribution is 5.42. The molecule has 0 aromatic carbocycles. The molecule has 0 bridgehead atoms. The standard InChI is InChI=1S/C15H20F3N3/c16-15(17,18)12-1-6-20-13(11-12)21-9-4-14(5-10-21)2-7-19-8-3-14/h1,6,11,19H,2-5,7-10H2. The molecule has 1 N–H and O–H groups in total. The molecule has 2 aliphatic heterocycles. The maximum absolute atomic E-state index is 12.8. The van der Waals surface area contributed by atoms with E-state index in [0.717, 1.165) is 45.1 Å². The summed E-state index contributed by atoms with van der Waals surface area (Å²) in [6.07, 6.45) is 1.41. The summed E-state index contributed by atoms with van der Waals surface area (Å²) in [5, 5.41) is 3.37. The van der Waals surface area contributed by atoms with Crippen LogP contribution in [0.3, 0.4) is 0 Å². The van der Waals surface area contributed by atoms with E-state index in [0.29, 0.717) is 11.2 Å². The van der Waals surface area contributed by atoms with Crippen molar-refractivity contribution >= 4 is 5.82 Å². The molecule has 3 heterocycles. The van der Waals surface area contributed by atoms with Crippen LogP contribution in [-0.4, -0.2) is 31.2 Å². The van der Waals surface area contributed by atoms with Crippen molar-refractivity contribution in [3.63, 3.8) is 0 Å². The molecule has 0 saturated carbocycles. The Bertz CT molecular complexity index is 485. The first-order valence-corrected chi connectivity index (χ1v) is 7.48. The largest absolute Gasteiger partial charge is 0.416 e. The van der Waals surface area contributed by atoms with Crippen LogP contribution < -0.4 is 10.2 Å². The van der Waals surface area contributed by atoms with E-state index in [1.54, 1.807) is 0 Å². The van der Waals surface area contributed by atoms with Gasteiger partial charge in [-0.15, -0.1) is 0 Å². The lowest BCUT2D eigenvalue weighted by Crippen LogP contribution is -2.45. The van der Waals surface area contributed by atoms with E-state index >= 15 is 0 Å². The summed E-state index contributed by atoms with van der Waals surface area (Å²) in [7, 11) is 0. The fourth-order valence-electron chi connectivity index (χ4n) is 3.43. The van der Waals surface area contributed by atoms with Gasteiger partial charge in [0.05, 0.1) is 5.56 Å². The molecule has 21 heavy (non-hydrogen) atoms. The Balaban J connectivity index is 1.69. The Hall–Kier alpha value is -1.30. The van der Waals surface area contributed by atoms with Crippen LogP contribution >= 0.6 is 0 Å². The molecule has 1 spiro atoms. The van der Waals surface area contributed by atoms with Gasteiger partial charge in [0.25, 0.3) is 0 Å². The van der Waals surface area contributed by atoms with Crippen molar-refractivity contribution in [2.24, 2.45) is 5.41 Å². The highest BCUT2D eigenvalue weighted by Gasteiger charge is 2.36. The van der Waals surface area contributed by atoms with Gasteiger partial charge in [-0.25, -0.2) is 4.98 Å². The number of anilines is 1. The number of aromatic nitrogens is 1. The molecule has 2 aliphatic rings. The van der Waals surface area contributed by atoms with E-state index in [2.05, 4.69) is 10.3 Å². The zero-order valence-electron chi connectivity index (χ0n) is 11.9. The summed E-state index contributed by atoms with van der Waals surface area (Å²) in [5.41, 5.74) is -0.224. The second-order valence-corrected chi connectivity index (χ2v) is 6.14. The third-order valence-electron chi connectivity index (χ3n) is 4.89. The average molecular weight is 299 g/mol. The first-order chi connectivity index (χ1) is 9.99. The topological polar surface area (TPSA) is 28.2 Å². The maximum Gasteiger partial charge on any atom is 0.416 e. The van der Waals surface area contributed by atoms with Crippen LogP contribution in [0.15, 0.2) is 18.3 Å². The highest BCUT2D eigenvalue weighted by Crippen LogP contribution is 2.40. The summed E-state index contributed by atoms with van der Waals surface area (Å²) in [4.78, 5) is 6.11. The number of rotatable bonds is 1. The molecule has 0 amide bonds. The molecule has 6 heteroatoms. The monoisotopic (exact) mass is 299 g/mol. The second-order valence-electron chi connectivity index (χ2n) is 6.14. The summed E-state index contributed by atoms with van der Waals surface area (Å²) >= 11 is 0. The number of pyridine rings is 1. The van der Waals surface area contributed by atoms with Crippen LogP contribution in [0, 0.1) is 5.41 Å². The third-order valence-corrected chi connectivity index (χ3v) is 4.89. The summed E-state index contributed by atoms with van der Waals surface area (Å²) < 4.78 is 38.3. The van der Waals surface area contributed by atoms with Crippen LogP contribution in [0.1, 0.15) is 31.2 Å². The average Bonchev–Trinajstić information content (AvgIpc) is 2.48. The van der Waals surface area contributed by atoms with E-state index in [4.69, 9.17) is 0 Å². The molecule has 2 saturated heterocycles. The fraction of sp³-hybridized carbons (Fsp3) is 0.667. The zero-order valence-corrected chi connectivity index (χ0v) is 11.9. The Morgan fingerprint density at radius 1 is 1.10 bits per heavy atom. The fourth-order valence-corrected chi connectivity index (χ4v) is 3.43. The van der Waals surface area contributed by atoms with Crippen molar-refractivity contribution in [1.82, 2.24) is 10.3 Å². The number of halogens is 3. The minimum Gasteiger partial charge on any atom is -0.357 e. The van der Waals surface area contributed by atoms with Crippen LogP contribution in [0.5, 0.6) is 0 Å². The Morgan fingerprint density at radius 2 is 1.76 bits per heavy atom. The van der Waals surface area contributed by atoms with Crippen molar-refractivity contribution in [3.8, 4) is 0 Å². The lowest BCUT2D eigenvalue weighted by atomic mass is 9.71. The van der Waals surface area contributed by atoms with Crippen molar-refractivity contribution in [3.05, 3.63) is 23.9 Å². The first-order valence-electron chi connectivity index (χ1n) is 7.48. The number of nitrogens with zero attached hydrogens (tertiary/aromatic N) is 2. The van der Waals surface area contributed by atoms with Gasteiger partial charge in [-0.05, 0) is 56.3 Å². The Labute approximate surface area is 122 Å². The highest BCUT2D eigenvalue weighted by atomic mass is 19.4. The van der Waals surface area contributed by atoms with Crippen molar-refractivity contribution in [1.29, 1.82) is 0 Å². The Kier molecular flexibility index (Phi) is 3.82. The predicted molar refractivity (Wildman–Crippen MR) is 75.2 cm³/mol. The lowest BCUT2D eigenvalue weighted by molar-refractivity contribution is -0.137. The minimum absolute atomic E-state index is 0.392. The summed E-state index contributed by atoms with van der Waals surface area (Å²) in [6.45, 7) is 3.71. The summed E-state index contributed by atoms with van der Waals surface area (Å²) in [5.74, 6) is 0.452. The molecule has 0 radical (unpaired) electrons. The van der Waals surface area contributed by atoms with Crippen molar-refractivity contribution in [2.75, 3.05) is 31.1 Å². The molecular weight excluding hydrogens is 279 g/mol. The molecule has 0 atom stereocenters. The normalized spacial score (nSPS) is 22.5. The van der Waals surface area contributed by atoms with Gasteiger partial charge >= 0.3 is 6.18 Å². The lowest BCUT2D eigenvalue weighted by Gasteiger charge is -2.44. The van der Waals surface area contributed by atoms with Gasteiger partial charge in [0.1, 0.15) is 5.82 Å². The number of hydrogen-bond donors (Lipinski definition) is 1. The number of hydrogen-bond acceptors (Lipinski definition) is 3. The van der Waals surface area contributed by atoms with E-state index in [1.165, 1.54) is 25.1 Å². The van der Waals surface area contributed by atoms with E-state index in [1.807, 2.05) is 4.90 Å². The number of piperidine rings is 2. The molecule has 1 aromatic heterocycles. The maximum atomic E-state index is 12.8. The summed E-state index contributed by atoms with van der Waals surface area (Å²) in [6, 6.07) is 2.20. The first kappa shape index (κ1) is 14.6. The smallest absolute Gasteiger partial charge is 0.357 e. The molecule has 3 rings (SSSR count). The van der Waals surface area contributed by atoms with Gasteiger partial charge in [-0.1, -0.05) is 0 Å². The van der Waals surface area contributed by atoms with Crippen LogP contribution in [0.4, 0.5) is 19.0 Å². The van der Waals surface area contributed by atoms with Crippen LogP contribution in [0.25, 0.3) is 0 Å². The number of alkyl halides is 3. The van der Waals surface area contributed by atoms with E-state index in [-0.39, 0.29) is 0 Å². The van der Waals surface area contributed by atoms with Gasteiger partial charge in [0.2, 0.25) is 0 Å². The van der Waals surface area contributed by atoms with Crippen molar-refractivity contribution in [2.45, 2.75) is 31.9 Å². The van der Waals surface area contributed by atoms with Gasteiger partial charge in [0.15, 0.2) is 0 Å². The van der Waals surface area contributed by atoms with Gasteiger partial charge in [-0.3, -0.25) is 0 Å².